The van der Waals surface area contributed by atoms with E-state index in [1.807, 2.05) is 30.3 Å². The van der Waals surface area contributed by atoms with Gasteiger partial charge in [0.1, 0.15) is 0 Å². The highest BCUT2D eigenvalue weighted by Crippen LogP contribution is 2.11. The predicted octanol–water partition coefficient (Wildman–Crippen LogP) is 3.09. The summed E-state index contributed by atoms with van der Waals surface area (Å²) in [7, 11) is -3.61. The first-order chi connectivity index (χ1) is 12.0. The van der Waals surface area contributed by atoms with E-state index in [0.717, 1.165) is 24.8 Å². The number of hydrogen-bond acceptors (Lipinski definition) is 3. The van der Waals surface area contributed by atoms with Gasteiger partial charge in [0.05, 0.1) is 4.90 Å². The molecule has 0 aliphatic carbocycles. The molecule has 0 spiro atoms. The molecule has 0 saturated carbocycles. The third-order valence-corrected chi connectivity index (χ3v) is 5.22. The van der Waals surface area contributed by atoms with Crippen LogP contribution in [0.2, 0.25) is 0 Å². The van der Waals surface area contributed by atoms with Gasteiger partial charge in [-0.1, -0.05) is 50.1 Å². The molecule has 25 heavy (non-hydrogen) atoms. The largest absolute Gasteiger partial charge is 0.352 e. The van der Waals surface area contributed by atoms with Gasteiger partial charge >= 0.3 is 0 Å². The van der Waals surface area contributed by atoms with Crippen molar-refractivity contribution < 1.29 is 13.2 Å². The fourth-order valence-electron chi connectivity index (χ4n) is 2.32. The molecule has 0 atom stereocenters. The Hall–Kier alpha value is -2.18. The minimum Gasteiger partial charge on any atom is -0.352 e. The number of nitrogens with one attached hydrogen (secondary N) is 2. The van der Waals surface area contributed by atoms with Crippen molar-refractivity contribution in [2.24, 2.45) is 0 Å². The second-order valence-electron chi connectivity index (χ2n) is 5.80. The Morgan fingerprint density at radius 1 is 0.960 bits per heavy atom. The molecule has 5 nitrogen and oxygen atoms in total. The second-order valence-corrected chi connectivity index (χ2v) is 7.56. The maximum Gasteiger partial charge on any atom is 0.251 e. The van der Waals surface area contributed by atoms with Gasteiger partial charge < -0.3 is 5.32 Å². The number of unbranched alkanes of at least 4 members (excludes halogenated alkanes) is 2. The monoisotopic (exact) mass is 360 g/mol. The highest BCUT2D eigenvalue weighted by molar-refractivity contribution is 7.89. The highest BCUT2D eigenvalue weighted by Gasteiger charge is 2.14. The van der Waals surface area contributed by atoms with Crippen molar-refractivity contribution in [3.8, 4) is 0 Å². The summed E-state index contributed by atoms with van der Waals surface area (Å²) in [6.07, 6.45) is 3.11. The zero-order valence-electron chi connectivity index (χ0n) is 14.4. The molecular formula is C19H24N2O3S. The van der Waals surface area contributed by atoms with Gasteiger partial charge in [0.25, 0.3) is 5.91 Å². The van der Waals surface area contributed by atoms with Crippen molar-refractivity contribution in [3.63, 3.8) is 0 Å². The van der Waals surface area contributed by atoms with E-state index in [2.05, 4.69) is 17.0 Å². The number of amides is 1. The van der Waals surface area contributed by atoms with Crippen molar-refractivity contribution in [2.45, 2.75) is 37.6 Å². The molecule has 2 N–H and O–H groups in total. The highest BCUT2D eigenvalue weighted by atomic mass is 32.2. The molecule has 2 aromatic carbocycles. The van der Waals surface area contributed by atoms with Gasteiger partial charge in [0.15, 0.2) is 0 Å². The Morgan fingerprint density at radius 3 is 2.28 bits per heavy atom. The molecule has 0 aromatic heterocycles. The van der Waals surface area contributed by atoms with Crippen LogP contribution in [0, 0.1) is 0 Å². The van der Waals surface area contributed by atoms with Crippen molar-refractivity contribution in [3.05, 3.63) is 65.7 Å². The van der Waals surface area contributed by atoms with Crippen molar-refractivity contribution in [1.82, 2.24) is 10.0 Å². The molecule has 1 amide bonds. The Bertz CT molecular complexity index is 772. The van der Waals surface area contributed by atoms with E-state index in [1.165, 1.54) is 24.3 Å². The summed E-state index contributed by atoms with van der Waals surface area (Å²) in [5, 5.41) is 2.83. The van der Waals surface area contributed by atoms with Crippen molar-refractivity contribution in [1.29, 1.82) is 0 Å². The van der Waals surface area contributed by atoms with E-state index in [-0.39, 0.29) is 17.3 Å². The minimum absolute atomic E-state index is 0.144. The molecule has 0 radical (unpaired) electrons. The van der Waals surface area contributed by atoms with Crippen LogP contribution in [0.5, 0.6) is 0 Å². The second kappa shape index (κ2) is 9.34. The smallest absolute Gasteiger partial charge is 0.251 e. The predicted molar refractivity (Wildman–Crippen MR) is 98.8 cm³/mol. The number of hydrogen-bond donors (Lipinski definition) is 2. The molecule has 0 heterocycles. The molecular weight excluding hydrogens is 336 g/mol. The number of carbonyl (C=O) groups is 1. The summed E-state index contributed by atoms with van der Waals surface area (Å²) in [5.74, 6) is -0.183. The lowest BCUT2D eigenvalue weighted by molar-refractivity contribution is 0.0953. The van der Waals surface area contributed by atoms with Gasteiger partial charge in [-0.3, -0.25) is 4.79 Å². The number of sulfonamides is 1. The number of benzene rings is 2. The Morgan fingerprint density at radius 2 is 1.64 bits per heavy atom. The van der Waals surface area contributed by atoms with E-state index in [1.54, 1.807) is 0 Å². The lowest BCUT2D eigenvalue weighted by atomic mass is 10.2. The molecule has 2 aromatic rings. The first-order valence-electron chi connectivity index (χ1n) is 8.45. The lowest BCUT2D eigenvalue weighted by Gasteiger charge is -2.08. The molecule has 0 bridgehead atoms. The maximum atomic E-state index is 12.3. The summed E-state index contributed by atoms with van der Waals surface area (Å²) in [4.78, 5) is 12.1. The average Bonchev–Trinajstić information content (AvgIpc) is 2.64. The van der Waals surface area contributed by atoms with E-state index in [9.17, 15) is 13.2 Å². The fraction of sp³-hybridized carbons (Fsp3) is 0.316. The Balaban J connectivity index is 1.94. The molecule has 0 unspecified atom stereocenters. The number of carbonyl (C=O) groups excluding carboxylic acids is 1. The molecule has 134 valence electrons. The molecule has 0 saturated heterocycles. The normalized spacial score (nSPS) is 11.2. The summed E-state index contributed by atoms with van der Waals surface area (Å²) in [6, 6.07) is 15.3. The first-order valence-corrected chi connectivity index (χ1v) is 9.93. The van der Waals surface area contributed by atoms with E-state index >= 15 is 0 Å². The van der Waals surface area contributed by atoms with Crippen LogP contribution in [-0.2, 0) is 16.6 Å². The molecule has 0 fully saturated rings. The van der Waals surface area contributed by atoms with Gasteiger partial charge in [0, 0.05) is 18.7 Å². The topological polar surface area (TPSA) is 75.3 Å². The third kappa shape index (κ3) is 5.99. The van der Waals surface area contributed by atoms with Crippen LogP contribution in [0.25, 0.3) is 0 Å². The Kier molecular flexibility index (Phi) is 7.16. The Labute approximate surface area is 149 Å². The van der Waals surface area contributed by atoms with E-state index < -0.39 is 10.0 Å². The number of rotatable bonds is 9. The van der Waals surface area contributed by atoms with Crippen LogP contribution >= 0.6 is 0 Å². The molecule has 0 aliphatic rings. The lowest BCUT2D eigenvalue weighted by Crippen LogP contribution is -2.25. The third-order valence-electron chi connectivity index (χ3n) is 3.80. The minimum atomic E-state index is -3.61. The standard InChI is InChI=1S/C19H24N2O3S/c1-2-3-7-14-20-19(22)17-10-12-18(13-11-17)25(23,24)21-15-16-8-5-4-6-9-16/h4-6,8-13,21H,2-3,7,14-15H2,1H3,(H,20,22). The quantitative estimate of drug-likeness (QED) is 0.675. The van der Waals surface area contributed by atoms with Crippen LogP contribution < -0.4 is 10.0 Å². The van der Waals surface area contributed by atoms with Gasteiger partial charge in [-0.05, 0) is 36.2 Å². The zero-order valence-corrected chi connectivity index (χ0v) is 15.2. The fourth-order valence-corrected chi connectivity index (χ4v) is 3.34. The van der Waals surface area contributed by atoms with Crippen LogP contribution in [0.3, 0.4) is 0 Å². The average molecular weight is 360 g/mol. The van der Waals surface area contributed by atoms with Crippen LogP contribution in [0.1, 0.15) is 42.1 Å². The maximum absolute atomic E-state index is 12.3. The first kappa shape index (κ1) is 19.1. The molecule has 6 heteroatoms. The van der Waals surface area contributed by atoms with Crippen LogP contribution in [-0.4, -0.2) is 20.9 Å². The zero-order chi connectivity index (χ0) is 18.1. The van der Waals surface area contributed by atoms with Gasteiger partial charge in [0.2, 0.25) is 10.0 Å². The summed E-state index contributed by atoms with van der Waals surface area (Å²) < 4.78 is 27.2. The van der Waals surface area contributed by atoms with E-state index in [4.69, 9.17) is 0 Å². The van der Waals surface area contributed by atoms with Crippen LogP contribution in [0.4, 0.5) is 0 Å². The SMILES string of the molecule is CCCCCNC(=O)c1ccc(S(=O)(=O)NCc2ccccc2)cc1. The summed E-state index contributed by atoms with van der Waals surface area (Å²) in [6.45, 7) is 2.96. The van der Waals surface area contributed by atoms with Crippen LogP contribution in [0.15, 0.2) is 59.5 Å². The van der Waals surface area contributed by atoms with Gasteiger partial charge in [-0.25, -0.2) is 13.1 Å². The van der Waals surface area contributed by atoms with Crippen molar-refractivity contribution in [2.75, 3.05) is 6.54 Å². The summed E-state index contributed by atoms with van der Waals surface area (Å²) in [5.41, 5.74) is 1.34. The van der Waals surface area contributed by atoms with Crippen molar-refractivity contribution >= 4 is 15.9 Å². The summed E-state index contributed by atoms with van der Waals surface area (Å²) >= 11 is 0. The molecule has 2 rings (SSSR count). The molecule has 0 aliphatic heterocycles. The van der Waals surface area contributed by atoms with E-state index in [0.29, 0.717) is 12.1 Å². The van der Waals surface area contributed by atoms with Gasteiger partial charge in [-0.15, -0.1) is 0 Å². The van der Waals surface area contributed by atoms with Gasteiger partial charge in [-0.2, -0.15) is 0 Å².